The largest absolute Gasteiger partial charge is 0.465 e. The monoisotopic (exact) mass is 510 g/mol. The van der Waals surface area contributed by atoms with Crippen LogP contribution in [0.4, 0.5) is 0 Å². The first kappa shape index (κ1) is 25.1. The smallest absolute Gasteiger partial charge is 0.311 e. The molecule has 2 fully saturated rings. The number of ether oxygens (including phenoxy) is 1. The fraction of sp³-hybridized carbons (Fsp3) is 0.536. The van der Waals surface area contributed by atoms with Gasteiger partial charge in [0.25, 0.3) is 0 Å². The topological polar surface area (TPSA) is 87.2 Å². The van der Waals surface area contributed by atoms with Crippen LogP contribution >= 0.6 is 11.8 Å². The number of esters is 1. The maximum atomic E-state index is 14.3. The fourth-order valence-electron chi connectivity index (χ4n) is 6.16. The fourth-order valence-corrected chi connectivity index (χ4v) is 8.14. The van der Waals surface area contributed by atoms with Gasteiger partial charge in [-0.3, -0.25) is 14.4 Å². The van der Waals surface area contributed by atoms with Gasteiger partial charge in [-0.05, 0) is 31.2 Å². The molecule has 2 amide bonds. The Labute approximate surface area is 216 Å². The lowest BCUT2D eigenvalue weighted by atomic mass is 9.78. The predicted molar refractivity (Wildman–Crippen MR) is 138 cm³/mol. The molecule has 4 aliphatic rings. The molecule has 2 saturated heterocycles. The van der Waals surface area contributed by atoms with Gasteiger partial charge >= 0.3 is 5.97 Å². The third kappa shape index (κ3) is 4.18. The summed E-state index contributed by atoms with van der Waals surface area (Å²) in [5.41, 5.74) is 1.01. The van der Waals surface area contributed by atoms with Gasteiger partial charge in [-0.2, -0.15) is 0 Å². The quantitative estimate of drug-likeness (QED) is 0.484. The summed E-state index contributed by atoms with van der Waals surface area (Å²) >= 11 is 1.54. The van der Waals surface area contributed by atoms with Gasteiger partial charge in [0.2, 0.25) is 11.8 Å². The van der Waals surface area contributed by atoms with E-state index in [1.807, 2.05) is 55.5 Å². The van der Waals surface area contributed by atoms with Gasteiger partial charge in [0, 0.05) is 18.3 Å². The zero-order valence-corrected chi connectivity index (χ0v) is 21.4. The van der Waals surface area contributed by atoms with Crippen molar-refractivity contribution in [1.29, 1.82) is 0 Å². The van der Waals surface area contributed by atoms with Crippen molar-refractivity contribution in [3.63, 3.8) is 0 Å². The Hall–Kier alpha value is -2.58. The minimum Gasteiger partial charge on any atom is -0.465 e. The van der Waals surface area contributed by atoms with E-state index < -0.39 is 28.7 Å². The molecule has 1 aromatic rings. The molecule has 4 aliphatic heterocycles. The summed E-state index contributed by atoms with van der Waals surface area (Å²) in [5.74, 6) is -2.12. The highest BCUT2D eigenvalue weighted by Gasteiger charge is 2.71. The average Bonchev–Trinajstić information content (AvgIpc) is 3.28. The van der Waals surface area contributed by atoms with Crippen LogP contribution < -0.4 is 0 Å². The van der Waals surface area contributed by atoms with E-state index in [0.29, 0.717) is 26.1 Å². The summed E-state index contributed by atoms with van der Waals surface area (Å²) in [6.45, 7) is 2.87. The Morgan fingerprint density at radius 3 is 2.69 bits per heavy atom. The van der Waals surface area contributed by atoms with Gasteiger partial charge in [-0.1, -0.05) is 61.6 Å². The van der Waals surface area contributed by atoms with E-state index in [2.05, 4.69) is 6.08 Å². The van der Waals surface area contributed by atoms with Gasteiger partial charge in [0.1, 0.15) is 6.04 Å². The van der Waals surface area contributed by atoms with Crippen LogP contribution in [0.15, 0.2) is 54.6 Å². The first-order chi connectivity index (χ1) is 17.5. The van der Waals surface area contributed by atoms with E-state index in [1.54, 1.807) is 21.6 Å². The summed E-state index contributed by atoms with van der Waals surface area (Å²) in [5, 5.41) is 9.95. The van der Waals surface area contributed by atoms with Crippen LogP contribution in [0.5, 0.6) is 0 Å². The molecule has 6 atom stereocenters. The van der Waals surface area contributed by atoms with Crippen LogP contribution in [0.25, 0.3) is 0 Å². The highest BCUT2D eigenvalue weighted by Crippen LogP contribution is 2.61. The first-order valence-electron chi connectivity index (χ1n) is 13.0. The van der Waals surface area contributed by atoms with Crippen molar-refractivity contribution in [1.82, 2.24) is 9.80 Å². The van der Waals surface area contributed by atoms with Crippen LogP contribution in [-0.2, 0) is 25.7 Å². The maximum Gasteiger partial charge on any atom is 0.311 e. The van der Waals surface area contributed by atoms with Crippen molar-refractivity contribution in [2.24, 2.45) is 11.8 Å². The zero-order valence-electron chi connectivity index (χ0n) is 20.6. The number of thioether (sulfide) groups is 1. The van der Waals surface area contributed by atoms with Crippen LogP contribution in [0.3, 0.4) is 0 Å². The molecular formula is C28H34N2O5S. The second kappa shape index (κ2) is 10.4. The second-order valence-electron chi connectivity index (χ2n) is 10.0. The zero-order chi connectivity index (χ0) is 25.3. The first-order valence-corrected chi connectivity index (χ1v) is 13.8. The van der Waals surface area contributed by atoms with Crippen molar-refractivity contribution in [2.45, 2.75) is 61.2 Å². The van der Waals surface area contributed by atoms with Gasteiger partial charge in [-0.25, -0.2) is 0 Å². The molecule has 1 aromatic carbocycles. The third-order valence-corrected chi connectivity index (χ3v) is 9.66. The van der Waals surface area contributed by atoms with Crippen molar-refractivity contribution in [2.75, 3.05) is 19.8 Å². The van der Waals surface area contributed by atoms with Crippen LogP contribution in [0.1, 0.15) is 38.2 Å². The number of fused-ring (bicyclic) bond motifs is 2. The summed E-state index contributed by atoms with van der Waals surface area (Å²) in [7, 11) is 0. The number of rotatable bonds is 5. The van der Waals surface area contributed by atoms with Crippen molar-refractivity contribution in [3.8, 4) is 0 Å². The van der Waals surface area contributed by atoms with Crippen molar-refractivity contribution in [3.05, 3.63) is 60.2 Å². The van der Waals surface area contributed by atoms with E-state index >= 15 is 0 Å². The molecule has 192 valence electrons. The Morgan fingerprint density at radius 2 is 1.94 bits per heavy atom. The number of allylic oxidation sites excluding steroid dienone is 1. The van der Waals surface area contributed by atoms with Gasteiger partial charge < -0.3 is 19.6 Å². The van der Waals surface area contributed by atoms with E-state index in [9.17, 15) is 19.5 Å². The van der Waals surface area contributed by atoms with E-state index in [-0.39, 0.29) is 29.6 Å². The Balaban J connectivity index is 1.59. The summed E-state index contributed by atoms with van der Waals surface area (Å²) in [6.07, 6.45) is 11.3. The predicted octanol–water partition coefficient (Wildman–Crippen LogP) is 2.94. The number of likely N-dealkylation sites (tertiary alicyclic amines) is 1. The van der Waals surface area contributed by atoms with E-state index in [4.69, 9.17) is 4.74 Å². The lowest BCUT2D eigenvalue weighted by Gasteiger charge is -2.38. The summed E-state index contributed by atoms with van der Waals surface area (Å²) < 4.78 is 4.75. The number of hydrogen-bond donors (Lipinski definition) is 1. The van der Waals surface area contributed by atoms with Crippen LogP contribution in [0, 0.1) is 11.8 Å². The molecule has 0 saturated carbocycles. The minimum absolute atomic E-state index is 0.139. The molecular weight excluding hydrogens is 476 g/mol. The van der Waals surface area contributed by atoms with E-state index in [1.165, 1.54) is 0 Å². The molecule has 0 aliphatic carbocycles. The molecule has 36 heavy (non-hydrogen) atoms. The number of benzene rings is 1. The van der Waals surface area contributed by atoms with Crippen molar-refractivity contribution < 1.29 is 24.2 Å². The second-order valence-corrected chi connectivity index (χ2v) is 11.5. The van der Waals surface area contributed by atoms with Crippen LogP contribution in [-0.4, -0.2) is 74.5 Å². The van der Waals surface area contributed by atoms with Gasteiger partial charge in [0.05, 0.1) is 35.8 Å². The number of aliphatic hydroxyl groups is 1. The number of cyclic esters (lactones) is 1. The van der Waals surface area contributed by atoms with Gasteiger partial charge in [0.15, 0.2) is 0 Å². The SMILES string of the molecule is CC[C@@H](CO)N1C(=O)[C@@H]2[C@@H]3C(=O)OCCCC/C=C\[C@@H]3S[C@@]23C=CCN(Cc2ccccc2)C(=O)C13. The molecule has 0 bridgehead atoms. The Morgan fingerprint density at radius 1 is 1.14 bits per heavy atom. The molecule has 0 aromatic heterocycles. The highest BCUT2D eigenvalue weighted by molar-refractivity contribution is 8.02. The number of carbonyl (C=O) groups is 3. The Kier molecular flexibility index (Phi) is 7.26. The summed E-state index contributed by atoms with van der Waals surface area (Å²) in [4.78, 5) is 45.1. The number of aliphatic hydroxyl groups excluding tert-OH is 1. The molecule has 1 unspecified atom stereocenters. The maximum absolute atomic E-state index is 14.3. The standard InChI is InChI=1S/C28H34N2O5S/c1-2-20(18-31)30-24-26(33)29(17-19-11-6-5-7-12-19)15-10-14-28(24)23(25(30)32)22-21(36-28)13-8-3-4-9-16-35-27(22)34/h5-8,10-14,20-24,31H,2-4,9,15-18H2,1H3/b13-8-/t20-,21-,22+,23-,24?,28-/m0/s1. The molecule has 5 rings (SSSR count). The number of amides is 2. The lowest BCUT2D eigenvalue weighted by Crippen LogP contribution is -2.56. The number of carbonyl (C=O) groups excluding carboxylic acids is 3. The van der Waals surface area contributed by atoms with E-state index in [0.717, 1.165) is 24.8 Å². The third-order valence-electron chi connectivity index (χ3n) is 7.91. The summed E-state index contributed by atoms with van der Waals surface area (Å²) in [6, 6.07) is 8.52. The lowest BCUT2D eigenvalue weighted by molar-refractivity contribution is -0.153. The molecule has 0 radical (unpaired) electrons. The normalized spacial score (nSPS) is 33.9. The minimum atomic E-state index is -0.894. The molecule has 4 heterocycles. The Bertz CT molecular complexity index is 1060. The van der Waals surface area contributed by atoms with Crippen molar-refractivity contribution >= 4 is 29.5 Å². The average molecular weight is 511 g/mol. The number of hydrogen-bond acceptors (Lipinski definition) is 6. The molecule has 8 heteroatoms. The van der Waals surface area contributed by atoms with Gasteiger partial charge in [-0.15, -0.1) is 11.8 Å². The molecule has 7 nitrogen and oxygen atoms in total. The molecule has 1 N–H and O–H groups in total. The van der Waals surface area contributed by atoms with Crippen LogP contribution in [0.2, 0.25) is 0 Å². The highest BCUT2D eigenvalue weighted by atomic mass is 32.2. The number of nitrogens with zero attached hydrogens (tertiary/aromatic N) is 2. The molecule has 1 spiro atoms.